The standard InChI is InChI=1S/C26H36N2.Pd/c1-3-5-7-15-21-25(27-23-17-11-9-12-18-23)26(22-16-8-6-4-2)28-24-19-13-10-14-20-24;/h9-14,17-20H,3-8,15-16,21-22H2,1-2H3;. The second-order valence-corrected chi connectivity index (χ2v) is 7.41. The van der Waals surface area contributed by atoms with Gasteiger partial charge in [0.2, 0.25) is 0 Å². The van der Waals surface area contributed by atoms with Crippen LogP contribution < -0.4 is 0 Å². The van der Waals surface area contributed by atoms with Gasteiger partial charge in [-0.2, -0.15) is 0 Å². The Morgan fingerprint density at radius 2 is 0.931 bits per heavy atom. The summed E-state index contributed by atoms with van der Waals surface area (Å²) >= 11 is 0. The summed E-state index contributed by atoms with van der Waals surface area (Å²) in [5.74, 6) is 0. The van der Waals surface area contributed by atoms with Crippen molar-refractivity contribution in [3.05, 3.63) is 60.7 Å². The summed E-state index contributed by atoms with van der Waals surface area (Å²) in [6, 6.07) is 20.7. The van der Waals surface area contributed by atoms with Crippen LogP contribution in [0.5, 0.6) is 0 Å². The van der Waals surface area contributed by atoms with Crippen molar-refractivity contribution in [3.8, 4) is 0 Å². The molecule has 2 aromatic rings. The molecule has 0 amide bonds. The SMILES string of the molecule is CCCCCCC(=Nc1ccccc1)C(CCCCCC)=Nc1ccccc1.[Pd]. The Hall–Kier alpha value is -1.56. The van der Waals surface area contributed by atoms with Crippen LogP contribution in [-0.4, -0.2) is 11.4 Å². The fraction of sp³-hybridized carbons (Fsp3) is 0.462. The fourth-order valence-corrected chi connectivity index (χ4v) is 3.28. The molecule has 2 aromatic carbocycles. The topological polar surface area (TPSA) is 24.7 Å². The second-order valence-electron chi connectivity index (χ2n) is 7.41. The number of para-hydroxylation sites is 2. The van der Waals surface area contributed by atoms with E-state index in [0.29, 0.717) is 0 Å². The van der Waals surface area contributed by atoms with Crippen LogP contribution in [0.25, 0.3) is 0 Å². The molecule has 0 aromatic heterocycles. The van der Waals surface area contributed by atoms with E-state index >= 15 is 0 Å². The molecule has 29 heavy (non-hydrogen) atoms. The van der Waals surface area contributed by atoms with Crippen LogP contribution in [0.15, 0.2) is 70.6 Å². The number of rotatable bonds is 13. The summed E-state index contributed by atoms with van der Waals surface area (Å²) in [6.07, 6.45) is 12.0. The third-order valence-corrected chi connectivity index (χ3v) is 4.91. The molecule has 0 atom stereocenters. The first-order valence-electron chi connectivity index (χ1n) is 11.1. The van der Waals surface area contributed by atoms with Crippen molar-refractivity contribution in [1.29, 1.82) is 0 Å². The van der Waals surface area contributed by atoms with Gasteiger partial charge in [-0.25, -0.2) is 0 Å². The van der Waals surface area contributed by atoms with Gasteiger partial charge in [-0.3, -0.25) is 9.98 Å². The predicted molar refractivity (Wildman–Crippen MR) is 125 cm³/mol. The summed E-state index contributed by atoms with van der Waals surface area (Å²) in [5, 5.41) is 0. The molecule has 0 heterocycles. The second kappa shape index (κ2) is 16.3. The zero-order valence-electron chi connectivity index (χ0n) is 18.1. The minimum absolute atomic E-state index is 0. The maximum Gasteiger partial charge on any atom is 0.0633 e. The number of unbranched alkanes of at least 4 members (excludes halogenated alkanes) is 6. The van der Waals surface area contributed by atoms with Gasteiger partial charge in [-0.05, 0) is 49.9 Å². The van der Waals surface area contributed by atoms with Crippen molar-refractivity contribution in [2.45, 2.75) is 78.1 Å². The van der Waals surface area contributed by atoms with Gasteiger partial charge in [-0.1, -0.05) is 88.8 Å². The van der Waals surface area contributed by atoms with Crippen molar-refractivity contribution in [3.63, 3.8) is 0 Å². The van der Waals surface area contributed by atoms with Crippen LogP contribution in [0, 0.1) is 0 Å². The van der Waals surface area contributed by atoms with Gasteiger partial charge < -0.3 is 0 Å². The van der Waals surface area contributed by atoms with Gasteiger partial charge in [0.1, 0.15) is 0 Å². The van der Waals surface area contributed by atoms with Gasteiger partial charge in [0, 0.05) is 20.4 Å². The average Bonchev–Trinajstić information content (AvgIpc) is 2.74. The molecule has 2 nitrogen and oxygen atoms in total. The van der Waals surface area contributed by atoms with Crippen LogP contribution in [0.4, 0.5) is 11.4 Å². The molecule has 0 radical (unpaired) electrons. The van der Waals surface area contributed by atoms with E-state index in [2.05, 4.69) is 62.4 Å². The average molecular weight is 483 g/mol. The van der Waals surface area contributed by atoms with E-state index < -0.39 is 0 Å². The molecule has 160 valence electrons. The maximum absolute atomic E-state index is 5.04. The molecular weight excluding hydrogens is 447 g/mol. The molecule has 0 unspecified atom stereocenters. The van der Waals surface area contributed by atoms with Crippen LogP contribution >= 0.6 is 0 Å². The van der Waals surface area contributed by atoms with Gasteiger partial charge in [0.25, 0.3) is 0 Å². The van der Waals surface area contributed by atoms with Crippen molar-refractivity contribution >= 4 is 22.8 Å². The number of hydrogen-bond donors (Lipinski definition) is 0. The van der Waals surface area contributed by atoms with Crippen LogP contribution in [-0.2, 0) is 20.4 Å². The molecule has 0 aliphatic carbocycles. The van der Waals surface area contributed by atoms with Gasteiger partial charge >= 0.3 is 0 Å². The molecule has 0 saturated carbocycles. The molecule has 0 saturated heterocycles. The quantitative estimate of drug-likeness (QED) is 0.155. The van der Waals surface area contributed by atoms with E-state index in [1.165, 1.54) is 62.8 Å². The minimum atomic E-state index is 0. The molecule has 0 fully saturated rings. The third kappa shape index (κ3) is 10.7. The first kappa shape index (κ1) is 25.5. The molecule has 0 N–H and O–H groups in total. The Balaban J connectivity index is 0.00000420. The van der Waals surface area contributed by atoms with Crippen molar-refractivity contribution in [2.75, 3.05) is 0 Å². The van der Waals surface area contributed by atoms with E-state index in [4.69, 9.17) is 9.98 Å². The smallest absolute Gasteiger partial charge is 0.0633 e. The first-order chi connectivity index (χ1) is 13.8. The Labute approximate surface area is 191 Å². The molecule has 3 heteroatoms. The minimum Gasteiger partial charge on any atom is -0.252 e. The van der Waals surface area contributed by atoms with E-state index in [1.807, 2.05) is 12.1 Å². The zero-order chi connectivity index (χ0) is 19.9. The molecule has 2 rings (SSSR count). The first-order valence-corrected chi connectivity index (χ1v) is 11.1. The van der Waals surface area contributed by atoms with E-state index in [-0.39, 0.29) is 20.4 Å². The Kier molecular flexibility index (Phi) is 14.3. The third-order valence-electron chi connectivity index (χ3n) is 4.91. The van der Waals surface area contributed by atoms with Gasteiger partial charge in [0.15, 0.2) is 0 Å². The monoisotopic (exact) mass is 482 g/mol. The van der Waals surface area contributed by atoms with Crippen LogP contribution in [0.3, 0.4) is 0 Å². The van der Waals surface area contributed by atoms with E-state index in [0.717, 1.165) is 24.2 Å². The fourth-order valence-electron chi connectivity index (χ4n) is 3.28. The van der Waals surface area contributed by atoms with Crippen LogP contribution in [0.2, 0.25) is 0 Å². The van der Waals surface area contributed by atoms with Gasteiger partial charge in [-0.15, -0.1) is 0 Å². The molecule has 0 aliphatic heterocycles. The Bertz CT molecular complexity index is 645. The molecule has 0 aliphatic rings. The predicted octanol–water partition coefficient (Wildman–Crippen LogP) is 8.47. The summed E-state index contributed by atoms with van der Waals surface area (Å²) in [6.45, 7) is 4.52. The van der Waals surface area contributed by atoms with Gasteiger partial charge in [0.05, 0.1) is 22.8 Å². The zero-order valence-corrected chi connectivity index (χ0v) is 19.6. The maximum atomic E-state index is 5.04. The number of aliphatic imine (C=N–C) groups is 2. The summed E-state index contributed by atoms with van der Waals surface area (Å²) < 4.78 is 0. The van der Waals surface area contributed by atoms with E-state index in [9.17, 15) is 0 Å². The molecule has 0 spiro atoms. The molecular formula is C26H36N2Pd. The summed E-state index contributed by atoms with van der Waals surface area (Å²) in [5.41, 5.74) is 4.40. The normalized spacial score (nSPS) is 11.9. The van der Waals surface area contributed by atoms with Crippen molar-refractivity contribution in [1.82, 2.24) is 0 Å². The number of hydrogen-bond acceptors (Lipinski definition) is 2. The van der Waals surface area contributed by atoms with Crippen molar-refractivity contribution < 1.29 is 20.4 Å². The van der Waals surface area contributed by atoms with Crippen molar-refractivity contribution in [2.24, 2.45) is 9.98 Å². The van der Waals surface area contributed by atoms with Crippen LogP contribution in [0.1, 0.15) is 78.1 Å². The number of nitrogens with zero attached hydrogens (tertiary/aromatic N) is 2. The Morgan fingerprint density at radius 3 is 1.28 bits per heavy atom. The Morgan fingerprint density at radius 1 is 0.552 bits per heavy atom. The summed E-state index contributed by atoms with van der Waals surface area (Å²) in [7, 11) is 0. The van der Waals surface area contributed by atoms with E-state index in [1.54, 1.807) is 0 Å². The molecule has 0 bridgehead atoms. The largest absolute Gasteiger partial charge is 0.252 e. The summed E-state index contributed by atoms with van der Waals surface area (Å²) in [4.78, 5) is 10.1. The number of benzene rings is 2.